The van der Waals surface area contributed by atoms with Gasteiger partial charge >= 0.3 is 245 Å². The van der Waals surface area contributed by atoms with Crippen LogP contribution in [0.3, 0.4) is 0 Å². The summed E-state index contributed by atoms with van der Waals surface area (Å²) in [4.78, 5) is 12.7. The molecule has 0 fully saturated rings. The number of rotatable bonds is 4. The van der Waals surface area contributed by atoms with E-state index in [9.17, 15) is 0 Å². The summed E-state index contributed by atoms with van der Waals surface area (Å²) < 4.78 is 4.62. The Morgan fingerprint density at radius 2 is 1.25 bits per heavy atom. The van der Waals surface area contributed by atoms with Gasteiger partial charge in [-0.1, -0.05) is 0 Å². The van der Waals surface area contributed by atoms with E-state index in [-0.39, 0.29) is 21.1 Å². The number of hydrogen-bond donors (Lipinski definition) is 0. The van der Waals surface area contributed by atoms with E-state index in [4.69, 9.17) is 0 Å². The molecule has 0 amide bonds. The standard InChI is InChI=1S/C25H24S2Si2.C2H5.3CH3.2Sn/c1-13-10-17-16(24-20(13)22-18(8-9-26-22)28(24,4)5)11-14(2)21-23-19(12-15(3)27-23)29(6,7)25(17)21;1-2;;;;;/h8,10-12H,3H2,1-2,4-7H3;1H2,2H3;3*1H3;;. The first-order valence-electron chi connectivity index (χ1n) is 13.4. The van der Waals surface area contributed by atoms with E-state index in [1.807, 2.05) is 0 Å². The Morgan fingerprint density at radius 1 is 0.750 bits per heavy atom. The summed E-state index contributed by atoms with van der Waals surface area (Å²) in [5.74, 6) is 0. The molecule has 0 saturated carbocycles. The second-order valence-electron chi connectivity index (χ2n) is 13.1. The minimum atomic E-state index is -2.10. The van der Waals surface area contributed by atoms with Gasteiger partial charge in [-0.3, -0.25) is 0 Å². The van der Waals surface area contributed by atoms with Crippen molar-refractivity contribution in [3.8, 4) is 20.9 Å². The molecule has 2 aliphatic heterocycles. The molecular formula is C30H38S2Si2Sn2. The van der Waals surface area contributed by atoms with Gasteiger partial charge in [0.15, 0.2) is 0 Å². The zero-order valence-corrected chi connectivity index (χ0v) is 32.9. The molecule has 0 N–H and O–H groups in total. The maximum atomic E-state index is 2.69. The Balaban J connectivity index is 1.64. The number of fused-ring (bicyclic) bond motifs is 9. The SMILES string of the molecule is C[CH2][Sn][CH2]c1cc2c(s1)-c1c(C)cc3c4c(c(C)cc3c1[Si]2(C)C)-c1s[c]([Sn]([CH3])([CH3])[CH3])cc1[Si]4(C)C. The molecule has 0 saturated heterocycles. The van der Waals surface area contributed by atoms with E-state index in [2.05, 4.69) is 109 Å². The summed E-state index contributed by atoms with van der Waals surface area (Å²) in [6, 6.07) is 10.6. The third kappa shape index (κ3) is 3.59. The summed E-state index contributed by atoms with van der Waals surface area (Å²) >= 11 is 2.00. The van der Waals surface area contributed by atoms with Gasteiger partial charge in [0.05, 0.1) is 0 Å². The van der Waals surface area contributed by atoms with Crippen LogP contribution in [0.25, 0.3) is 31.7 Å². The molecule has 2 radical (unpaired) electrons. The fourth-order valence-electron chi connectivity index (χ4n) is 6.80. The van der Waals surface area contributed by atoms with Gasteiger partial charge in [0.2, 0.25) is 0 Å². The fourth-order valence-corrected chi connectivity index (χ4v) is 26.5. The zero-order chi connectivity index (χ0) is 25.9. The molecule has 4 aromatic rings. The van der Waals surface area contributed by atoms with Crippen LogP contribution in [0.1, 0.15) is 22.9 Å². The molecule has 0 unspecified atom stereocenters. The van der Waals surface area contributed by atoms with Crippen molar-refractivity contribution < 1.29 is 0 Å². The molecule has 2 aromatic heterocycles. The second kappa shape index (κ2) is 8.56. The molecule has 36 heavy (non-hydrogen) atoms. The Labute approximate surface area is 242 Å². The Hall–Kier alpha value is 0.131. The predicted molar refractivity (Wildman–Crippen MR) is 176 cm³/mol. The van der Waals surface area contributed by atoms with Crippen molar-refractivity contribution in [2.24, 2.45) is 0 Å². The number of hydrogen-bond acceptors (Lipinski definition) is 2. The molecule has 0 aliphatic carbocycles. The van der Waals surface area contributed by atoms with Gasteiger partial charge in [-0.2, -0.15) is 0 Å². The zero-order valence-electron chi connectivity index (χ0n) is 23.5. The van der Waals surface area contributed by atoms with Crippen molar-refractivity contribution in [1.82, 2.24) is 0 Å². The molecule has 0 bridgehead atoms. The van der Waals surface area contributed by atoms with Crippen molar-refractivity contribution in [1.29, 1.82) is 0 Å². The third-order valence-corrected chi connectivity index (χ3v) is 31.8. The summed E-state index contributed by atoms with van der Waals surface area (Å²) in [6.45, 7) is 17.8. The van der Waals surface area contributed by atoms with Gasteiger partial charge in [0.1, 0.15) is 0 Å². The first-order valence-corrected chi connectivity index (χ1v) is 35.1. The molecule has 0 spiro atoms. The van der Waals surface area contributed by atoms with Crippen molar-refractivity contribution in [2.75, 3.05) is 0 Å². The summed E-state index contributed by atoms with van der Waals surface area (Å²) in [6.07, 6.45) is 0. The molecule has 2 aliphatic rings. The Kier molecular flexibility index (Phi) is 6.27. The van der Waals surface area contributed by atoms with Gasteiger partial charge in [-0.25, -0.2) is 0 Å². The Bertz CT molecular complexity index is 1580. The summed E-state index contributed by atoms with van der Waals surface area (Å²) in [5.41, 5.74) is 6.30. The second-order valence-corrected chi connectivity index (χ2v) is 43.7. The third-order valence-electron chi connectivity index (χ3n) is 8.69. The van der Waals surface area contributed by atoms with E-state index in [0.717, 1.165) is 0 Å². The minimum absolute atomic E-state index is 0.218. The average Bonchev–Trinajstić information content (AvgIpc) is 3.49. The van der Waals surface area contributed by atoms with Gasteiger partial charge in [0, 0.05) is 0 Å². The molecule has 2 aromatic carbocycles. The van der Waals surface area contributed by atoms with Crippen LogP contribution in [-0.2, 0) is 4.44 Å². The van der Waals surface area contributed by atoms with E-state index < -0.39 is 34.5 Å². The van der Waals surface area contributed by atoms with E-state index >= 15 is 0 Å². The maximum absolute atomic E-state index is 2.69. The van der Waals surface area contributed by atoms with Crippen molar-refractivity contribution >= 4 is 113 Å². The van der Waals surface area contributed by atoms with Gasteiger partial charge in [-0.15, -0.1) is 0 Å². The number of thiophene rings is 2. The monoisotopic (exact) mass is 758 g/mol. The molecule has 0 atom stereocenters. The van der Waals surface area contributed by atoms with Crippen LogP contribution in [0.15, 0.2) is 24.3 Å². The van der Waals surface area contributed by atoms with Crippen LogP contribution in [-0.4, -0.2) is 55.7 Å². The number of benzene rings is 2. The van der Waals surface area contributed by atoms with Gasteiger partial charge in [0.25, 0.3) is 0 Å². The van der Waals surface area contributed by atoms with Gasteiger partial charge < -0.3 is 0 Å². The molecule has 6 heteroatoms. The van der Waals surface area contributed by atoms with Crippen molar-refractivity contribution in [3.05, 3.63) is 40.3 Å². The van der Waals surface area contributed by atoms with E-state index in [0.29, 0.717) is 0 Å². The van der Waals surface area contributed by atoms with Crippen LogP contribution in [0.5, 0.6) is 0 Å². The topological polar surface area (TPSA) is 0 Å². The van der Waals surface area contributed by atoms with E-state index in [1.54, 1.807) is 60.2 Å². The van der Waals surface area contributed by atoms with Crippen molar-refractivity contribution in [3.63, 3.8) is 0 Å². The number of aryl methyl sites for hydroxylation is 2. The summed E-state index contributed by atoms with van der Waals surface area (Å²) in [7, 11) is -3.50. The predicted octanol–water partition coefficient (Wildman–Crippen LogP) is 6.37. The van der Waals surface area contributed by atoms with Crippen LogP contribution in [0, 0.1) is 13.8 Å². The molecule has 186 valence electrons. The quantitative estimate of drug-likeness (QED) is 0.213. The van der Waals surface area contributed by atoms with Crippen molar-refractivity contribution in [2.45, 2.75) is 70.7 Å². The summed E-state index contributed by atoms with van der Waals surface area (Å²) in [5, 5.41) is 10.2. The van der Waals surface area contributed by atoms with E-state index in [1.165, 1.54) is 20.0 Å². The van der Waals surface area contributed by atoms with Gasteiger partial charge in [-0.05, 0) is 0 Å². The molecule has 4 heterocycles. The van der Waals surface area contributed by atoms with Crippen LogP contribution < -0.4 is 23.6 Å². The normalized spacial score (nSPS) is 16.8. The first-order chi connectivity index (χ1) is 16.8. The average molecular weight is 756 g/mol. The molecular weight excluding hydrogens is 718 g/mol. The molecule has 6 rings (SSSR count). The fraction of sp³-hybridized carbons (Fsp3) is 0.400. The van der Waals surface area contributed by atoms with Crippen LogP contribution >= 0.6 is 22.7 Å². The first kappa shape index (κ1) is 26.4. The Morgan fingerprint density at radius 3 is 1.75 bits per heavy atom. The van der Waals surface area contributed by atoms with Crippen LogP contribution in [0.4, 0.5) is 0 Å². The molecule has 0 nitrogen and oxygen atoms in total. The van der Waals surface area contributed by atoms with Crippen LogP contribution in [0.2, 0.25) is 45.4 Å².